The summed E-state index contributed by atoms with van der Waals surface area (Å²) in [5.41, 5.74) is 10.6. The van der Waals surface area contributed by atoms with Crippen molar-refractivity contribution in [3.63, 3.8) is 0 Å². The third kappa shape index (κ3) is 2.39. The number of hydrogen-bond donors (Lipinski definition) is 1. The number of halogens is 2. The lowest BCUT2D eigenvalue weighted by atomic mass is 9.94. The summed E-state index contributed by atoms with van der Waals surface area (Å²) in [5, 5.41) is 1.41. The van der Waals surface area contributed by atoms with Gasteiger partial charge in [-0.1, -0.05) is 29.3 Å². The molecule has 0 aliphatic carbocycles. The molecular formula is C16H15Cl2NO. The van der Waals surface area contributed by atoms with Gasteiger partial charge in [-0.05, 0) is 47.9 Å². The second-order valence-electron chi connectivity index (χ2n) is 5.06. The minimum atomic E-state index is -0.266. The van der Waals surface area contributed by atoms with Gasteiger partial charge in [0.15, 0.2) is 0 Å². The van der Waals surface area contributed by atoms with Crippen LogP contribution in [0.4, 0.5) is 0 Å². The molecule has 104 valence electrons. The quantitative estimate of drug-likeness (QED) is 0.898. The van der Waals surface area contributed by atoms with Crippen LogP contribution in [-0.2, 0) is 6.42 Å². The van der Waals surface area contributed by atoms with E-state index in [0.29, 0.717) is 16.7 Å². The first-order valence-corrected chi connectivity index (χ1v) is 7.28. The molecule has 0 spiro atoms. The molecule has 2 aromatic carbocycles. The van der Waals surface area contributed by atoms with E-state index in [1.54, 1.807) is 0 Å². The fourth-order valence-corrected chi connectivity index (χ4v) is 3.16. The fourth-order valence-electron chi connectivity index (χ4n) is 2.68. The van der Waals surface area contributed by atoms with Crippen LogP contribution < -0.4 is 10.5 Å². The summed E-state index contributed by atoms with van der Waals surface area (Å²) in [6.07, 6.45) is 0.884. The van der Waals surface area contributed by atoms with Crippen molar-refractivity contribution in [1.82, 2.24) is 0 Å². The lowest BCUT2D eigenvalue weighted by Gasteiger charge is -2.18. The molecule has 2 N–H and O–H groups in total. The van der Waals surface area contributed by atoms with E-state index >= 15 is 0 Å². The molecule has 1 aliphatic rings. The average molecular weight is 308 g/mol. The van der Waals surface area contributed by atoms with Crippen molar-refractivity contribution in [3.8, 4) is 5.75 Å². The number of benzene rings is 2. The van der Waals surface area contributed by atoms with Crippen molar-refractivity contribution in [1.29, 1.82) is 0 Å². The molecule has 2 aromatic rings. The normalized spacial score (nSPS) is 14.8. The lowest BCUT2D eigenvalue weighted by molar-refractivity contribution is 0.352. The van der Waals surface area contributed by atoms with Gasteiger partial charge in [0.05, 0.1) is 12.6 Å². The summed E-state index contributed by atoms with van der Waals surface area (Å²) in [6.45, 7) is 2.70. The van der Waals surface area contributed by atoms with Crippen molar-refractivity contribution in [2.75, 3.05) is 6.61 Å². The predicted octanol–water partition coefficient (Wildman–Crippen LogP) is 4.28. The van der Waals surface area contributed by atoms with Gasteiger partial charge in [0, 0.05) is 22.0 Å². The van der Waals surface area contributed by atoms with Gasteiger partial charge in [0.25, 0.3) is 0 Å². The van der Waals surface area contributed by atoms with Crippen LogP contribution in [-0.4, -0.2) is 6.61 Å². The number of fused-ring (bicyclic) bond motifs is 1. The molecular weight excluding hydrogens is 293 g/mol. The van der Waals surface area contributed by atoms with Crippen LogP contribution in [0.1, 0.15) is 28.3 Å². The van der Waals surface area contributed by atoms with Gasteiger partial charge in [0.1, 0.15) is 5.75 Å². The molecule has 3 rings (SSSR count). The summed E-state index contributed by atoms with van der Waals surface area (Å²) < 4.78 is 5.73. The van der Waals surface area contributed by atoms with Crippen LogP contribution in [0, 0.1) is 6.92 Å². The Labute approximate surface area is 128 Å². The van der Waals surface area contributed by atoms with Crippen molar-refractivity contribution >= 4 is 23.2 Å². The highest BCUT2D eigenvalue weighted by Gasteiger charge is 2.23. The summed E-state index contributed by atoms with van der Waals surface area (Å²) in [4.78, 5) is 0. The highest BCUT2D eigenvalue weighted by atomic mass is 35.5. The number of aryl methyl sites for hydroxylation is 1. The average Bonchev–Trinajstić information content (AvgIpc) is 2.85. The van der Waals surface area contributed by atoms with E-state index in [-0.39, 0.29) is 6.04 Å². The molecule has 2 nitrogen and oxygen atoms in total. The fraction of sp³-hybridized carbons (Fsp3) is 0.250. The van der Waals surface area contributed by atoms with Gasteiger partial charge in [0.2, 0.25) is 0 Å². The van der Waals surface area contributed by atoms with Crippen LogP contribution in [0.2, 0.25) is 10.0 Å². The minimum Gasteiger partial charge on any atom is -0.493 e. The molecule has 1 aliphatic heterocycles. The zero-order valence-electron chi connectivity index (χ0n) is 11.1. The Balaban J connectivity index is 2.09. The molecule has 0 radical (unpaired) electrons. The monoisotopic (exact) mass is 307 g/mol. The topological polar surface area (TPSA) is 35.2 Å². The van der Waals surface area contributed by atoms with E-state index in [4.69, 9.17) is 33.7 Å². The van der Waals surface area contributed by atoms with Crippen LogP contribution >= 0.6 is 23.2 Å². The summed E-state index contributed by atoms with van der Waals surface area (Å²) in [6, 6.07) is 9.32. The summed E-state index contributed by atoms with van der Waals surface area (Å²) in [5.74, 6) is 0.885. The second-order valence-corrected chi connectivity index (χ2v) is 5.93. The highest BCUT2D eigenvalue weighted by Crippen LogP contribution is 2.38. The smallest absolute Gasteiger partial charge is 0.127 e. The van der Waals surface area contributed by atoms with E-state index in [9.17, 15) is 0 Å². The van der Waals surface area contributed by atoms with Crippen LogP contribution in [0.25, 0.3) is 0 Å². The molecule has 0 bridgehead atoms. The Bertz CT molecular complexity index is 670. The number of nitrogens with two attached hydrogens (primary N) is 1. The van der Waals surface area contributed by atoms with Crippen molar-refractivity contribution in [2.45, 2.75) is 19.4 Å². The van der Waals surface area contributed by atoms with Gasteiger partial charge in [-0.3, -0.25) is 0 Å². The van der Waals surface area contributed by atoms with Crippen molar-refractivity contribution in [2.24, 2.45) is 5.73 Å². The molecule has 0 saturated heterocycles. The zero-order valence-corrected chi connectivity index (χ0v) is 12.6. The molecule has 1 heterocycles. The maximum absolute atomic E-state index is 6.43. The van der Waals surface area contributed by atoms with Crippen LogP contribution in [0.3, 0.4) is 0 Å². The van der Waals surface area contributed by atoms with Gasteiger partial charge < -0.3 is 10.5 Å². The van der Waals surface area contributed by atoms with E-state index in [2.05, 4.69) is 0 Å². The number of rotatable bonds is 2. The number of hydrogen-bond acceptors (Lipinski definition) is 2. The standard InChI is InChI=1S/C16H15Cl2NO/c1-9-6-11(17)2-3-13(9)15(19)14-8-12(18)7-10-4-5-20-16(10)14/h2-3,6-8,15H,4-5,19H2,1H3. The molecule has 1 atom stereocenters. The van der Waals surface area contributed by atoms with E-state index in [1.807, 2.05) is 37.3 Å². The van der Waals surface area contributed by atoms with Gasteiger partial charge in [-0.2, -0.15) is 0 Å². The largest absolute Gasteiger partial charge is 0.493 e. The Kier molecular flexibility index (Phi) is 3.63. The molecule has 4 heteroatoms. The first-order chi connectivity index (χ1) is 9.56. The molecule has 0 saturated carbocycles. The molecule has 20 heavy (non-hydrogen) atoms. The third-order valence-electron chi connectivity index (χ3n) is 3.68. The lowest BCUT2D eigenvalue weighted by Crippen LogP contribution is -2.14. The SMILES string of the molecule is Cc1cc(Cl)ccc1C(N)c1cc(Cl)cc2c1OCC2. The molecule has 1 unspecified atom stereocenters. The Morgan fingerprint density at radius 1 is 1.10 bits per heavy atom. The maximum Gasteiger partial charge on any atom is 0.127 e. The zero-order chi connectivity index (χ0) is 14.3. The summed E-state index contributed by atoms with van der Waals surface area (Å²) in [7, 11) is 0. The Morgan fingerprint density at radius 3 is 2.65 bits per heavy atom. The summed E-state index contributed by atoms with van der Waals surface area (Å²) >= 11 is 12.2. The second kappa shape index (κ2) is 5.28. The predicted molar refractivity (Wildman–Crippen MR) is 82.9 cm³/mol. The maximum atomic E-state index is 6.43. The van der Waals surface area contributed by atoms with E-state index < -0.39 is 0 Å². The van der Waals surface area contributed by atoms with Gasteiger partial charge >= 0.3 is 0 Å². The van der Waals surface area contributed by atoms with Gasteiger partial charge in [-0.15, -0.1) is 0 Å². The molecule has 0 amide bonds. The van der Waals surface area contributed by atoms with Crippen molar-refractivity contribution in [3.05, 3.63) is 62.6 Å². The van der Waals surface area contributed by atoms with E-state index in [1.165, 1.54) is 0 Å². The first-order valence-electron chi connectivity index (χ1n) is 6.53. The molecule has 0 fully saturated rings. The minimum absolute atomic E-state index is 0.266. The van der Waals surface area contributed by atoms with E-state index in [0.717, 1.165) is 34.4 Å². The van der Waals surface area contributed by atoms with Crippen molar-refractivity contribution < 1.29 is 4.74 Å². The Morgan fingerprint density at radius 2 is 1.90 bits per heavy atom. The number of ether oxygens (including phenoxy) is 1. The Hall–Kier alpha value is -1.22. The molecule has 0 aromatic heterocycles. The highest BCUT2D eigenvalue weighted by molar-refractivity contribution is 6.31. The van der Waals surface area contributed by atoms with Crippen LogP contribution in [0.15, 0.2) is 30.3 Å². The van der Waals surface area contributed by atoms with Crippen LogP contribution in [0.5, 0.6) is 5.75 Å². The van der Waals surface area contributed by atoms with Gasteiger partial charge in [-0.25, -0.2) is 0 Å². The first kappa shape index (κ1) is 13.7. The third-order valence-corrected chi connectivity index (χ3v) is 4.13.